The van der Waals surface area contributed by atoms with Crippen molar-refractivity contribution in [3.63, 3.8) is 0 Å². The molecule has 1 aliphatic heterocycles. The van der Waals surface area contributed by atoms with Crippen LogP contribution in [0.4, 0.5) is 5.69 Å². The summed E-state index contributed by atoms with van der Waals surface area (Å²) in [5, 5.41) is 8.93. The molecule has 0 radical (unpaired) electrons. The predicted octanol–water partition coefficient (Wildman–Crippen LogP) is 2.94. The smallest absolute Gasteiger partial charge is 0.144 e. The molecule has 1 aliphatic rings. The molecule has 1 heterocycles. The highest BCUT2D eigenvalue weighted by molar-refractivity contribution is 5.63. The molecule has 0 bridgehead atoms. The van der Waals surface area contributed by atoms with Crippen molar-refractivity contribution in [2.75, 3.05) is 11.4 Å². The summed E-state index contributed by atoms with van der Waals surface area (Å²) >= 11 is 0. The van der Waals surface area contributed by atoms with Crippen molar-refractivity contribution >= 4 is 5.69 Å². The molecule has 0 aliphatic carbocycles. The van der Waals surface area contributed by atoms with Crippen LogP contribution in [0.2, 0.25) is 0 Å². The Labute approximate surface area is 103 Å². The van der Waals surface area contributed by atoms with E-state index in [1.165, 1.54) is 0 Å². The highest BCUT2D eigenvalue weighted by atomic mass is 16.5. The Balaban J connectivity index is 2.49. The van der Waals surface area contributed by atoms with E-state index in [0.29, 0.717) is 11.6 Å². The second kappa shape index (κ2) is 3.96. The van der Waals surface area contributed by atoms with Gasteiger partial charge in [-0.05, 0) is 39.8 Å². The van der Waals surface area contributed by atoms with Gasteiger partial charge in [-0.15, -0.1) is 0 Å². The molecule has 2 rings (SSSR count). The van der Waals surface area contributed by atoms with E-state index in [-0.39, 0.29) is 5.60 Å². The molecule has 3 nitrogen and oxygen atoms in total. The first-order valence-corrected chi connectivity index (χ1v) is 5.93. The van der Waals surface area contributed by atoms with Gasteiger partial charge >= 0.3 is 0 Å². The summed E-state index contributed by atoms with van der Waals surface area (Å²) in [5.41, 5.74) is 1.51. The fraction of sp³-hybridized carbons (Fsp3) is 0.500. The summed E-state index contributed by atoms with van der Waals surface area (Å²) in [7, 11) is 0. The predicted molar refractivity (Wildman–Crippen MR) is 68.3 cm³/mol. The summed E-state index contributed by atoms with van der Waals surface area (Å²) in [6.45, 7) is 9.35. The number of fused-ring (bicyclic) bond motifs is 1. The Kier molecular flexibility index (Phi) is 2.74. The Morgan fingerprint density at radius 3 is 2.71 bits per heavy atom. The summed E-state index contributed by atoms with van der Waals surface area (Å²) in [4.78, 5) is 2.32. The summed E-state index contributed by atoms with van der Waals surface area (Å²) in [5.74, 6) is 0.814. The number of ether oxygens (including phenoxy) is 1. The lowest BCUT2D eigenvalue weighted by molar-refractivity contribution is 0.103. The monoisotopic (exact) mass is 230 g/mol. The zero-order valence-corrected chi connectivity index (χ0v) is 10.8. The largest absolute Gasteiger partial charge is 0.484 e. The van der Waals surface area contributed by atoms with Crippen LogP contribution in [0, 0.1) is 11.3 Å². The number of anilines is 1. The third kappa shape index (κ3) is 2.21. The van der Waals surface area contributed by atoms with E-state index in [9.17, 15) is 0 Å². The van der Waals surface area contributed by atoms with Crippen LogP contribution in [-0.4, -0.2) is 18.2 Å². The van der Waals surface area contributed by atoms with Gasteiger partial charge in [0, 0.05) is 12.1 Å². The highest BCUT2D eigenvalue weighted by Crippen LogP contribution is 2.38. The first kappa shape index (κ1) is 11.8. The second-order valence-corrected chi connectivity index (χ2v) is 5.38. The lowest BCUT2D eigenvalue weighted by atomic mass is 10.0. The molecule has 0 fully saturated rings. The normalized spacial score (nSPS) is 17.3. The van der Waals surface area contributed by atoms with Gasteiger partial charge in [-0.2, -0.15) is 5.26 Å². The standard InChI is InChI=1S/C14H18N2O/c1-10(2)16-9-14(3,4)17-13-7-11(8-15)5-6-12(13)16/h5-7,10H,9H2,1-4H3. The van der Waals surface area contributed by atoms with Crippen LogP contribution in [0.15, 0.2) is 18.2 Å². The van der Waals surface area contributed by atoms with E-state index in [4.69, 9.17) is 10.00 Å². The molecule has 0 amide bonds. The number of nitriles is 1. The molecule has 0 saturated heterocycles. The number of rotatable bonds is 1. The molecule has 0 atom stereocenters. The Morgan fingerprint density at radius 1 is 1.41 bits per heavy atom. The fourth-order valence-electron chi connectivity index (χ4n) is 2.19. The van der Waals surface area contributed by atoms with Gasteiger partial charge in [0.15, 0.2) is 0 Å². The molecule has 90 valence electrons. The Bertz CT molecular complexity index is 472. The van der Waals surface area contributed by atoms with Crippen LogP contribution in [0.1, 0.15) is 33.3 Å². The van der Waals surface area contributed by atoms with Crippen molar-refractivity contribution in [1.82, 2.24) is 0 Å². The van der Waals surface area contributed by atoms with Gasteiger partial charge < -0.3 is 9.64 Å². The molecular formula is C14H18N2O. The third-order valence-electron chi connectivity index (χ3n) is 2.96. The average molecular weight is 230 g/mol. The van der Waals surface area contributed by atoms with Crippen LogP contribution in [0.25, 0.3) is 0 Å². The molecule has 17 heavy (non-hydrogen) atoms. The maximum absolute atomic E-state index is 8.93. The SMILES string of the molecule is CC(C)N1CC(C)(C)Oc2cc(C#N)ccc21. The van der Waals surface area contributed by atoms with E-state index in [2.05, 4.69) is 38.7 Å². The van der Waals surface area contributed by atoms with Gasteiger partial charge in [0.05, 0.1) is 23.9 Å². The van der Waals surface area contributed by atoms with Gasteiger partial charge in [-0.25, -0.2) is 0 Å². The number of nitrogens with zero attached hydrogens (tertiary/aromatic N) is 2. The van der Waals surface area contributed by atoms with Crippen LogP contribution in [0.5, 0.6) is 5.75 Å². The second-order valence-electron chi connectivity index (χ2n) is 5.38. The van der Waals surface area contributed by atoms with Crippen LogP contribution < -0.4 is 9.64 Å². The van der Waals surface area contributed by atoms with Gasteiger partial charge in [0.2, 0.25) is 0 Å². The Morgan fingerprint density at radius 2 is 2.12 bits per heavy atom. The lowest BCUT2D eigenvalue weighted by Gasteiger charge is -2.43. The molecule has 0 spiro atoms. The average Bonchev–Trinajstić information content (AvgIpc) is 2.25. The van der Waals surface area contributed by atoms with Crippen molar-refractivity contribution in [3.8, 4) is 11.8 Å². The van der Waals surface area contributed by atoms with Crippen molar-refractivity contribution in [3.05, 3.63) is 23.8 Å². The van der Waals surface area contributed by atoms with E-state index in [0.717, 1.165) is 18.0 Å². The van der Waals surface area contributed by atoms with Gasteiger partial charge in [-0.3, -0.25) is 0 Å². The van der Waals surface area contributed by atoms with Crippen LogP contribution in [0.3, 0.4) is 0 Å². The van der Waals surface area contributed by atoms with E-state index in [1.54, 1.807) is 0 Å². The Hall–Kier alpha value is -1.69. The summed E-state index contributed by atoms with van der Waals surface area (Å²) < 4.78 is 5.95. The maximum atomic E-state index is 8.93. The first-order chi connectivity index (χ1) is 7.93. The molecule has 1 aromatic carbocycles. The maximum Gasteiger partial charge on any atom is 0.144 e. The number of hydrogen-bond acceptors (Lipinski definition) is 3. The molecule has 1 aromatic rings. The minimum Gasteiger partial charge on any atom is -0.484 e. The van der Waals surface area contributed by atoms with Crippen molar-refractivity contribution in [2.45, 2.75) is 39.3 Å². The van der Waals surface area contributed by atoms with Crippen molar-refractivity contribution < 1.29 is 4.74 Å². The lowest BCUT2D eigenvalue weighted by Crippen LogP contribution is -2.49. The van der Waals surface area contributed by atoms with Crippen molar-refractivity contribution in [1.29, 1.82) is 5.26 Å². The van der Waals surface area contributed by atoms with Crippen LogP contribution in [-0.2, 0) is 0 Å². The number of hydrogen-bond donors (Lipinski definition) is 0. The molecule has 0 N–H and O–H groups in total. The van der Waals surface area contributed by atoms with E-state index in [1.807, 2.05) is 18.2 Å². The molecule has 3 heteroatoms. The minimum atomic E-state index is -0.217. The van der Waals surface area contributed by atoms with Crippen molar-refractivity contribution in [2.24, 2.45) is 0 Å². The van der Waals surface area contributed by atoms with E-state index < -0.39 is 0 Å². The van der Waals surface area contributed by atoms with E-state index >= 15 is 0 Å². The topological polar surface area (TPSA) is 36.3 Å². The quantitative estimate of drug-likeness (QED) is 0.744. The number of benzene rings is 1. The highest BCUT2D eigenvalue weighted by Gasteiger charge is 2.32. The van der Waals surface area contributed by atoms with Crippen LogP contribution >= 0.6 is 0 Å². The molecule has 0 saturated carbocycles. The molecular weight excluding hydrogens is 212 g/mol. The summed E-state index contributed by atoms with van der Waals surface area (Å²) in [6.07, 6.45) is 0. The van der Waals surface area contributed by atoms with Gasteiger partial charge in [-0.1, -0.05) is 0 Å². The molecule has 0 aromatic heterocycles. The summed E-state index contributed by atoms with van der Waals surface area (Å²) in [6, 6.07) is 8.21. The third-order valence-corrected chi connectivity index (χ3v) is 2.96. The first-order valence-electron chi connectivity index (χ1n) is 5.93. The van der Waals surface area contributed by atoms with Gasteiger partial charge in [0.1, 0.15) is 11.4 Å². The minimum absolute atomic E-state index is 0.217. The fourth-order valence-corrected chi connectivity index (χ4v) is 2.19. The zero-order valence-electron chi connectivity index (χ0n) is 10.8. The molecule has 0 unspecified atom stereocenters. The van der Waals surface area contributed by atoms with Gasteiger partial charge in [0.25, 0.3) is 0 Å². The zero-order chi connectivity index (χ0) is 12.6.